The van der Waals surface area contributed by atoms with Gasteiger partial charge in [0, 0.05) is 19.6 Å². The highest BCUT2D eigenvalue weighted by molar-refractivity contribution is 5.81. The minimum atomic E-state index is 0.00431. The summed E-state index contributed by atoms with van der Waals surface area (Å²) in [6, 6.07) is 0.00431. The fourth-order valence-corrected chi connectivity index (χ4v) is 2.45. The number of hydrogen-bond donors (Lipinski definition) is 1. The molecule has 1 amide bonds. The van der Waals surface area contributed by atoms with E-state index in [-0.39, 0.29) is 6.04 Å². The van der Waals surface area contributed by atoms with Crippen molar-refractivity contribution in [2.45, 2.75) is 45.6 Å². The number of amides is 1. The molecule has 0 aromatic carbocycles. The van der Waals surface area contributed by atoms with Gasteiger partial charge in [0.05, 0.1) is 6.04 Å². The predicted molar refractivity (Wildman–Crippen MR) is 70.8 cm³/mol. The van der Waals surface area contributed by atoms with Crippen molar-refractivity contribution < 1.29 is 4.79 Å². The second-order valence-electron chi connectivity index (χ2n) is 4.83. The van der Waals surface area contributed by atoms with E-state index in [1.165, 1.54) is 6.42 Å². The molecule has 100 valence electrons. The summed E-state index contributed by atoms with van der Waals surface area (Å²) < 4.78 is 0. The fourth-order valence-electron chi connectivity index (χ4n) is 2.45. The largest absolute Gasteiger partial charge is 0.341 e. The second kappa shape index (κ2) is 7.67. The van der Waals surface area contributed by atoms with Gasteiger partial charge in [0.15, 0.2) is 0 Å². The first-order valence-electron chi connectivity index (χ1n) is 6.93. The predicted octanol–water partition coefficient (Wildman–Crippen LogP) is 1.06. The van der Waals surface area contributed by atoms with E-state index in [9.17, 15) is 4.79 Å². The zero-order valence-corrected chi connectivity index (χ0v) is 11.3. The topological polar surface area (TPSA) is 49.6 Å². The quantitative estimate of drug-likeness (QED) is 0.756. The van der Waals surface area contributed by atoms with E-state index in [0.717, 1.165) is 45.4 Å². The van der Waals surface area contributed by atoms with Crippen LogP contribution in [-0.4, -0.2) is 54.5 Å². The summed E-state index contributed by atoms with van der Waals surface area (Å²) in [5.41, 5.74) is 5.53. The summed E-state index contributed by atoms with van der Waals surface area (Å²) in [6.07, 6.45) is 4.55. The average molecular weight is 241 g/mol. The lowest BCUT2D eigenvalue weighted by Crippen LogP contribution is -2.49. The summed E-state index contributed by atoms with van der Waals surface area (Å²) in [5, 5.41) is 0. The van der Waals surface area contributed by atoms with Gasteiger partial charge in [-0.15, -0.1) is 0 Å². The Morgan fingerprint density at radius 1 is 1.35 bits per heavy atom. The molecule has 0 spiro atoms. The van der Waals surface area contributed by atoms with E-state index in [1.54, 1.807) is 0 Å². The van der Waals surface area contributed by atoms with E-state index in [4.69, 9.17) is 5.73 Å². The number of carbonyl (C=O) groups is 1. The van der Waals surface area contributed by atoms with Gasteiger partial charge < -0.3 is 10.6 Å². The highest BCUT2D eigenvalue weighted by Gasteiger charge is 2.25. The molecule has 1 heterocycles. The van der Waals surface area contributed by atoms with E-state index in [0.29, 0.717) is 12.5 Å². The number of nitrogens with zero attached hydrogens (tertiary/aromatic N) is 2. The zero-order chi connectivity index (χ0) is 12.7. The highest BCUT2D eigenvalue weighted by Crippen LogP contribution is 2.12. The van der Waals surface area contributed by atoms with Crippen molar-refractivity contribution in [1.29, 1.82) is 0 Å². The van der Waals surface area contributed by atoms with Crippen LogP contribution in [0.25, 0.3) is 0 Å². The molecule has 1 aliphatic rings. The van der Waals surface area contributed by atoms with Crippen LogP contribution in [-0.2, 0) is 4.79 Å². The molecule has 1 unspecified atom stereocenters. The van der Waals surface area contributed by atoms with Gasteiger partial charge in [-0.3, -0.25) is 9.69 Å². The third-order valence-electron chi connectivity index (χ3n) is 3.63. The Hall–Kier alpha value is -0.610. The number of hydrogen-bond acceptors (Lipinski definition) is 3. The van der Waals surface area contributed by atoms with Gasteiger partial charge in [0.2, 0.25) is 5.91 Å². The molecule has 0 radical (unpaired) electrons. The Bertz CT molecular complexity index is 227. The number of nitrogens with two attached hydrogens (primary N) is 1. The summed E-state index contributed by atoms with van der Waals surface area (Å²) in [7, 11) is 0. The first-order valence-corrected chi connectivity index (χ1v) is 6.93. The molecule has 1 fully saturated rings. The smallest absolute Gasteiger partial charge is 0.239 e. The summed E-state index contributed by atoms with van der Waals surface area (Å²) in [6.45, 7) is 8.55. The SMILES string of the molecule is CCN(CCCN)C(C)C(=O)N1CCCCC1. The second-order valence-corrected chi connectivity index (χ2v) is 4.83. The Morgan fingerprint density at radius 2 is 2.00 bits per heavy atom. The van der Waals surface area contributed by atoms with Gasteiger partial charge in [-0.2, -0.15) is 0 Å². The zero-order valence-electron chi connectivity index (χ0n) is 11.3. The molecular formula is C13H27N3O. The Kier molecular flexibility index (Phi) is 6.52. The van der Waals surface area contributed by atoms with Gasteiger partial charge in [-0.1, -0.05) is 6.92 Å². The Labute approximate surface area is 105 Å². The van der Waals surface area contributed by atoms with E-state index in [2.05, 4.69) is 11.8 Å². The first-order chi connectivity index (χ1) is 8.20. The minimum Gasteiger partial charge on any atom is -0.341 e. The average Bonchev–Trinajstić information content (AvgIpc) is 2.39. The number of piperidine rings is 1. The van der Waals surface area contributed by atoms with Crippen LogP contribution < -0.4 is 5.73 Å². The molecule has 1 atom stereocenters. The number of likely N-dealkylation sites (tertiary alicyclic amines) is 1. The molecule has 0 aromatic heterocycles. The molecule has 1 aliphatic heterocycles. The van der Waals surface area contributed by atoms with Crippen LogP contribution in [0.5, 0.6) is 0 Å². The third-order valence-corrected chi connectivity index (χ3v) is 3.63. The van der Waals surface area contributed by atoms with Crippen molar-refractivity contribution in [3.63, 3.8) is 0 Å². The van der Waals surface area contributed by atoms with E-state index >= 15 is 0 Å². The maximum absolute atomic E-state index is 12.3. The molecule has 0 saturated carbocycles. The molecule has 1 rings (SSSR count). The fraction of sp³-hybridized carbons (Fsp3) is 0.923. The maximum atomic E-state index is 12.3. The standard InChI is InChI=1S/C13H27N3O/c1-3-15(11-7-8-14)12(2)13(17)16-9-5-4-6-10-16/h12H,3-11,14H2,1-2H3. The van der Waals surface area contributed by atoms with Crippen molar-refractivity contribution in [1.82, 2.24) is 9.80 Å². The summed E-state index contributed by atoms with van der Waals surface area (Å²) in [5.74, 6) is 0.295. The molecular weight excluding hydrogens is 214 g/mol. The minimum absolute atomic E-state index is 0.00431. The van der Waals surface area contributed by atoms with Crippen LogP contribution in [0, 0.1) is 0 Å². The van der Waals surface area contributed by atoms with Gasteiger partial charge in [0.25, 0.3) is 0 Å². The van der Waals surface area contributed by atoms with Crippen molar-refractivity contribution in [2.75, 3.05) is 32.7 Å². The third kappa shape index (κ3) is 4.28. The highest BCUT2D eigenvalue weighted by atomic mass is 16.2. The first kappa shape index (κ1) is 14.5. The number of rotatable bonds is 6. The van der Waals surface area contributed by atoms with Crippen LogP contribution in [0.2, 0.25) is 0 Å². The van der Waals surface area contributed by atoms with Crippen LogP contribution >= 0.6 is 0 Å². The summed E-state index contributed by atoms with van der Waals surface area (Å²) in [4.78, 5) is 16.6. The maximum Gasteiger partial charge on any atom is 0.239 e. The van der Waals surface area contributed by atoms with Gasteiger partial charge in [-0.05, 0) is 45.7 Å². The van der Waals surface area contributed by atoms with E-state index in [1.807, 2.05) is 11.8 Å². The van der Waals surface area contributed by atoms with Crippen molar-refractivity contribution >= 4 is 5.91 Å². The van der Waals surface area contributed by atoms with Gasteiger partial charge >= 0.3 is 0 Å². The van der Waals surface area contributed by atoms with Gasteiger partial charge in [-0.25, -0.2) is 0 Å². The lowest BCUT2D eigenvalue weighted by Gasteiger charge is -2.34. The molecule has 4 heteroatoms. The number of likely N-dealkylation sites (N-methyl/N-ethyl adjacent to an activating group) is 1. The van der Waals surface area contributed by atoms with Crippen LogP contribution in [0.4, 0.5) is 0 Å². The van der Waals surface area contributed by atoms with Crippen LogP contribution in [0.15, 0.2) is 0 Å². The summed E-state index contributed by atoms with van der Waals surface area (Å²) >= 11 is 0. The lowest BCUT2D eigenvalue weighted by molar-refractivity contribution is -0.137. The van der Waals surface area contributed by atoms with Crippen LogP contribution in [0.1, 0.15) is 39.5 Å². The van der Waals surface area contributed by atoms with Crippen molar-refractivity contribution in [3.8, 4) is 0 Å². The molecule has 4 nitrogen and oxygen atoms in total. The molecule has 0 aromatic rings. The molecule has 2 N–H and O–H groups in total. The number of carbonyl (C=O) groups excluding carboxylic acids is 1. The van der Waals surface area contributed by atoms with Crippen molar-refractivity contribution in [3.05, 3.63) is 0 Å². The van der Waals surface area contributed by atoms with Crippen molar-refractivity contribution in [2.24, 2.45) is 5.73 Å². The monoisotopic (exact) mass is 241 g/mol. The molecule has 0 aliphatic carbocycles. The van der Waals surface area contributed by atoms with Gasteiger partial charge in [0.1, 0.15) is 0 Å². The van der Waals surface area contributed by atoms with Crippen LogP contribution in [0.3, 0.4) is 0 Å². The Morgan fingerprint density at radius 3 is 2.53 bits per heavy atom. The molecule has 1 saturated heterocycles. The Balaban J connectivity index is 2.47. The molecule has 17 heavy (non-hydrogen) atoms. The lowest BCUT2D eigenvalue weighted by atomic mass is 10.1. The van der Waals surface area contributed by atoms with E-state index < -0.39 is 0 Å². The molecule has 0 bridgehead atoms. The normalized spacial score (nSPS) is 18.5.